The normalized spacial score (nSPS) is 18.9. The number of carbonyl (C=O) groups is 1. The Morgan fingerprint density at radius 3 is 2.60 bits per heavy atom. The van der Waals surface area contributed by atoms with Crippen LogP contribution in [0, 0.1) is 5.92 Å². The molecule has 0 unspecified atom stereocenters. The van der Waals surface area contributed by atoms with Crippen molar-refractivity contribution in [2.45, 2.75) is 32.1 Å². The maximum Gasteiger partial charge on any atom is 0.376 e. The molecule has 5 heteroatoms. The lowest BCUT2D eigenvalue weighted by Crippen LogP contribution is -2.36. The van der Waals surface area contributed by atoms with E-state index in [4.69, 9.17) is 0 Å². The molecule has 1 fully saturated rings. The predicted octanol–water partition coefficient (Wildman–Crippen LogP) is 1.57. The zero-order valence-electron chi connectivity index (χ0n) is 8.89. The first-order valence-corrected chi connectivity index (χ1v) is 5.32. The minimum Gasteiger partial charge on any atom is -0.462 e. The van der Waals surface area contributed by atoms with E-state index in [-0.39, 0.29) is 18.9 Å². The van der Waals surface area contributed by atoms with Gasteiger partial charge in [0.2, 0.25) is 0 Å². The van der Waals surface area contributed by atoms with Gasteiger partial charge in [-0.2, -0.15) is 8.78 Å². The van der Waals surface area contributed by atoms with E-state index in [1.165, 1.54) is 6.92 Å². The Morgan fingerprint density at radius 2 is 2.07 bits per heavy atom. The van der Waals surface area contributed by atoms with E-state index in [9.17, 15) is 13.6 Å². The Bertz CT molecular complexity index is 215. The largest absolute Gasteiger partial charge is 0.462 e. The van der Waals surface area contributed by atoms with Gasteiger partial charge in [-0.25, -0.2) is 4.79 Å². The molecule has 1 N–H and O–H groups in total. The number of hydrogen-bond donors (Lipinski definition) is 1. The molecule has 0 saturated carbocycles. The minimum absolute atomic E-state index is 0.000640. The molecule has 0 aromatic rings. The van der Waals surface area contributed by atoms with Gasteiger partial charge in [0.25, 0.3) is 0 Å². The Balaban J connectivity index is 2.42. The van der Waals surface area contributed by atoms with Crippen molar-refractivity contribution in [1.29, 1.82) is 0 Å². The first kappa shape index (κ1) is 12.4. The summed E-state index contributed by atoms with van der Waals surface area (Å²) in [5, 5.41) is 3.09. The second-order valence-electron chi connectivity index (χ2n) is 3.82. The first-order valence-electron chi connectivity index (χ1n) is 5.32. The molecule has 0 aliphatic carbocycles. The first-order chi connectivity index (χ1) is 7.06. The number of alkyl halides is 2. The molecule has 3 nitrogen and oxygen atoms in total. The van der Waals surface area contributed by atoms with Crippen LogP contribution in [0.15, 0.2) is 0 Å². The summed E-state index contributed by atoms with van der Waals surface area (Å²) in [7, 11) is 0. The quantitative estimate of drug-likeness (QED) is 0.732. The fraction of sp³-hybridized carbons (Fsp3) is 0.900. The number of hydrogen-bond acceptors (Lipinski definition) is 3. The zero-order valence-corrected chi connectivity index (χ0v) is 8.89. The van der Waals surface area contributed by atoms with Crippen molar-refractivity contribution < 1.29 is 18.3 Å². The highest BCUT2D eigenvalue weighted by Crippen LogP contribution is 2.29. The van der Waals surface area contributed by atoms with Crippen molar-refractivity contribution in [2.24, 2.45) is 5.92 Å². The SMILES string of the molecule is CCOC(=O)C(F)(F)CC1CCNCC1. The maximum atomic E-state index is 13.3. The summed E-state index contributed by atoms with van der Waals surface area (Å²) in [6.07, 6.45) is 1.03. The zero-order chi connectivity index (χ0) is 11.3. The fourth-order valence-corrected chi connectivity index (χ4v) is 1.77. The Morgan fingerprint density at radius 1 is 1.47 bits per heavy atom. The molecule has 0 aromatic heterocycles. The van der Waals surface area contributed by atoms with Gasteiger partial charge in [0.05, 0.1) is 6.61 Å². The number of ether oxygens (including phenoxy) is 1. The van der Waals surface area contributed by atoms with Crippen molar-refractivity contribution in [3.8, 4) is 0 Å². The minimum atomic E-state index is -3.32. The second kappa shape index (κ2) is 5.39. The molecular weight excluding hydrogens is 204 g/mol. The van der Waals surface area contributed by atoms with Gasteiger partial charge >= 0.3 is 11.9 Å². The molecule has 15 heavy (non-hydrogen) atoms. The standard InChI is InChI=1S/C10H17F2NO2/c1-2-15-9(14)10(11,12)7-8-3-5-13-6-4-8/h8,13H,2-7H2,1H3. The molecule has 1 heterocycles. The van der Waals surface area contributed by atoms with E-state index in [1.807, 2.05) is 0 Å². The van der Waals surface area contributed by atoms with E-state index >= 15 is 0 Å². The maximum absolute atomic E-state index is 13.3. The monoisotopic (exact) mass is 221 g/mol. The molecule has 1 rings (SSSR count). The van der Waals surface area contributed by atoms with Crippen LogP contribution in [0.2, 0.25) is 0 Å². The highest BCUT2D eigenvalue weighted by molar-refractivity contribution is 5.77. The Kier molecular flexibility index (Phi) is 4.45. The molecule has 0 bridgehead atoms. The van der Waals surface area contributed by atoms with Crippen LogP contribution in [0.5, 0.6) is 0 Å². The third-order valence-electron chi connectivity index (χ3n) is 2.58. The van der Waals surface area contributed by atoms with Crippen molar-refractivity contribution in [3.63, 3.8) is 0 Å². The Hall–Kier alpha value is -0.710. The van der Waals surface area contributed by atoms with E-state index < -0.39 is 11.9 Å². The molecule has 0 amide bonds. The second-order valence-corrected chi connectivity index (χ2v) is 3.82. The lowest BCUT2D eigenvalue weighted by Gasteiger charge is -2.25. The van der Waals surface area contributed by atoms with Crippen LogP contribution in [0.1, 0.15) is 26.2 Å². The summed E-state index contributed by atoms with van der Waals surface area (Å²) in [6, 6.07) is 0. The van der Waals surface area contributed by atoms with Gasteiger partial charge in [0.1, 0.15) is 0 Å². The van der Waals surface area contributed by atoms with E-state index in [2.05, 4.69) is 10.1 Å². The third-order valence-corrected chi connectivity index (χ3v) is 2.58. The van der Waals surface area contributed by atoms with E-state index in [1.54, 1.807) is 0 Å². The van der Waals surface area contributed by atoms with Gasteiger partial charge in [-0.15, -0.1) is 0 Å². The summed E-state index contributed by atoms with van der Waals surface area (Å²) < 4.78 is 30.9. The van der Waals surface area contributed by atoms with E-state index in [0.717, 1.165) is 13.1 Å². The topological polar surface area (TPSA) is 38.3 Å². The average Bonchev–Trinajstić information content (AvgIpc) is 2.19. The van der Waals surface area contributed by atoms with Gasteiger partial charge in [-0.1, -0.05) is 0 Å². The Labute approximate surface area is 88.2 Å². The van der Waals surface area contributed by atoms with Crippen molar-refractivity contribution >= 4 is 5.97 Å². The van der Waals surface area contributed by atoms with Crippen LogP contribution in [0.3, 0.4) is 0 Å². The van der Waals surface area contributed by atoms with Crippen LogP contribution in [-0.4, -0.2) is 31.6 Å². The van der Waals surface area contributed by atoms with E-state index in [0.29, 0.717) is 12.8 Å². The van der Waals surface area contributed by atoms with Gasteiger partial charge in [0.15, 0.2) is 0 Å². The molecule has 88 valence electrons. The molecule has 0 atom stereocenters. The number of esters is 1. The highest BCUT2D eigenvalue weighted by atomic mass is 19.3. The number of carbonyl (C=O) groups excluding carboxylic acids is 1. The van der Waals surface area contributed by atoms with Gasteiger partial charge in [-0.05, 0) is 38.8 Å². The number of halogens is 2. The van der Waals surface area contributed by atoms with Crippen LogP contribution in [-0.2, 0) is 9.53 Å². The highest BCUT2D eigenvalue weighted by Gasteiger charge is 2.42. The van der Waals surface area contributed by atoms with Crippen LogP contribution in [0.25, 0.3) is 0 Å². The third kappa shape index (κ3) is 3.74. The van der Waals surface area contributed by atoms with Gasteiger partial charge in [-0.3, -0.25) is 0 Å². The van der Waals surface area contributed by atoms with Crippen molar-refractivity contribution in [2.75, 3.05) is 19.7 Å². The average molecular weight is 221 g/mol. The predicted molar refractivity (Wildman–Crippen MR) is 51.8 cm³/mol. The molecule has 1 aliphatic rings. The molecule has 0 aromatic carbocycles. The fourth-order valence-electron chi connectivity index (χ4n) is 1.77. The van der Waals surface area contributed by atoms with Crippen LogP contribution in [0.4, 0.5) is 8.78 Å². The summed E-state index contributed by atoms with van der Waals surface area (Å²) in [4.78, 5) is 11.0. The van der Waals surface area contributed by atoms with Gasteiger partial charge in [0, 0.05) is 6.42 Å². The molecule has 1 saturated heterocycles. The summed E-state index contributed by atoms with van der Waals surface area (Å²) in [5.74, 6) is -4.79. The van der Waals surface area contributed by atoms with Crippen LogP contribution >= 0.6 is 0 Å². The molecule has 1 aliphatic heterocycles. The van der Waals surface area contributed by atoms with Crippen molar-refractivity contribution in [3.05, 3.63) is 0 Å². The lowest BCUT2D eigenvalue weighted by atomic mass is 9.91. The number of nitrogens with one attached hydrogen (secondary N) is 1. The smallest absolute Gasteiger partial charge is 0.376 e. The molecular formula is C10H17F2NO2. The summed E-state index contributed by atoms with van der Waals surface area (Å²) in [5.41, 5.74) is 0. The van der Waals surface area contributed by atoms with Crippen molar-refractivity contribution in [1.82, 2.24) is 5.32 Å². The molecule has 0 spiro atoms. The van der Waals surface area contributed by atoms with Crippen LogP contribution < -0.4 is 5.32 Å². The molecule has 0 radical (unpaired) electrons. The number of rotatable bonds is 4. The summed E-state index contributed by atoms with van der Waals surface area (Å²) >= 11 is 0. The summed E-state index contributed by atoms with van der Waals surface area (Å²) in [6.45, 7) is 3.03. The lowest BCUT2D eigenvalue weighted by molar-refractivity contribution is -0.174. The number of piperidine rings is 1. The van der Waals surface area contributed by atoms with Gasteiger partial charge < -0.3 is 10.1 Å².